The highest BCUT2D eigenvalue weighted by Gasteiger charge is 2.28. The summed E-state index contributed by atoms with van der Waals surface area (Å²) in [6.45, 7) is 5.35. The van der Waals surface area contributed by atoms with Crippen molar-refractivity contribution in [2.45, 2.75) is 46.5 Å². The first kappa shape index (κ1) is 26.7. The zero-order valence-corrected chi connectivity index (χ0v) is 21.3. The van der Waals surface area contributed by atoms with E-state index >= 15 is 0 Å². The Labute approximate surface area is 213 Å². The van der Waals surface area contributed by atoms with E-state index in [9.17, 15) is 24.8 Å². The number of nitriles is 1. The number of rotatable bonds is 9. The van der Waals surface area contributed by atoms with E-state index in [0.717, 1.165) is 41.3 Å². The third kappa shape index (κ3) is 6.01. The Balaban J connectivity index is 2.14. The molecule has 0 bridgehead atoms. The molecule has 0 radical (unpaired) electrons. The number of nitrogens with zero attached hydrogens (tertiary/aromatic N) is 1. The van der Waals surface area contributed by atoms with E-state index in [2.05, 4.69) is 5.32 Å². The van der Waals surface area contributed by atoms with Crippen LogP contribution >= 0.6 is 11.3 Å². The Kier molecular flexibility index (Phi) is 9.03. The summed E-state index contributed by atoms with van der Waals surface area (Å²) in [7, 11) is 0. The van der Waals surface area contributed by atoms with Gasteiger partial charge in [0.2, 0.25) is 0 Å². The van der Waals surface area contributed by atoms with Gasteiger partial charge in [-0.15, -0.1) is 11.3 Å². The minimum atomic E-state index is -1.02. The van der Waals surface area contributed by atoms with Gasteiger partial charge >= 0.3 is 11.9 Å². The highest BCUT2D eigenvalue weighted by molar-refractivity contribution is 7.16. The molecular formula is C27H28N2O6S. The molecule has 1 aromatic heterocycles. The third-order valence-corrected chi connectivity index (χ3v) is 6.80. The number of thiophene rings is 1. The molecular weight excluding hydrogens is 480 g/mol. The molecule has 1 heterocycles. The van der Waals surface area contributed by atoms with Crippen LogP contribution in [0.4, 0.5) is 5.00 Å². The van der Waals surface area contributed by atoms with Gasteiger partial charge in [-0.25, -0.2) is 9.59 Å². The molecule has 1 aliphatic rings. The van der Waals surface area contributed by atoms with Crippen LogP contribution < -0.4 is 5.32 Å². The molecule has 0 fully saturated rings. The third-order valence-electron chi connectivity index (χ3n) is 5.59. The number of ketones is 1. The molecule has 0 amide bonds. The SMILES string of the molecule is CCOC(=O)/C(C#N)=C(O)/C(=C/C(=O)c1ccc(C)cc1)Nc1sc2c(c1C(=O)OCC)CCCC2. The van der Waals surface area contributed by atoms with Gasteiger partial charge in [0.25, 0.3) is 0 Å². The number of nitrogens with one attached hydrogen (secondary N) is 1. The molecule has 8 nitrogen and oxygen atoms in total. The first-order valence-corrected chi connectivity index (χ1v) is 12.5. The standard InChI is InChI=1S/C27H28N2O6S/c1-4-34-26(32)19(15-28)24(31)20(14-21(30)17-12-10-16(3)11-13-17)29-25-23(27(33)35-5-2)18-8-6-7-9-22(18)36-25/h10-14,29,31H,4-9H2,1-3H3/b20-14-,24-19-. The summed E-state index contributed by atoms with van der Waals surface area (Å²) in [5, 5.41) is 23.9. The smallest absolute Gasteiger partial charge is 0.352 e. The number of fused-ring (bicyclic) bond motifs is 1. The number of carbonyl (C=O) groups excluding carboxylic acids is 3. The van der Waals surface area contributed by atoms with Gasteiger partial charge in [0.15, 0.2) is 17.1 Å². The van der Waals surface area contributed by atoms with Gasteiger partial charge in [-0.05, 0) is 52.0 Å². The Bertz CT molecular complexity index is 1260. The molecule has 188 valence electrons. The van der Waals surface area contributed by atoms with Gasteiger partial charge in [-0.3, -0.25) is 4.79 Å². The first-order valence-electron chi connectivity index (χ1n) is 11.7. The predicted octanol–water partition coefficient (Wildman–Crippen LogP) is 5.19. The van der Waals surface area contributed by atoms with Crippen LogP contribution in [0, 0.1) is 18.3 Å². The predicted molar refractivity (Wildman–Crippen MR) is 136 cm³/mol. The lowest BCUT2D eigenvalue weighted by atomic mass is 9.95. The lowest BCUT2D eigenvalue weighted by molar-refractivity contribution is -0.138. The Morgan fingerprint density at radius 3 is 2.42 bits per heavy atom. The maximum atomic E-state index is 13.0. The summed E-state index contributed by atoms with van der Waals surface area (Å²) in [6.07, 6.45) is 4.51. The summed E-state index contributed by atoms with van der Waals surface area (Å²) in [5.74, 6) is -2.76. The first-order chi connectivity index (χ1) is 17.3. The summed E-state index contributed by atoms with van der Waals surface area (Å²) in [5.41, 5.74) is 1.67. The van der Waals surface area contributed by atoms with Crippen LogP contribution in [0.3, 0.4) is 0 Å². The fraction of sp³-hybridized carbons (Fsp3) is 0.333. The van der Waals surface area contributed by atoms with Crippen LogP contribution in [-0.4, -0.2) is 36.0 Å². The van der Waals surface area contributed by atoms with E-state index in [4.69, 9.17) is 9.47 Å². The number of hydrogen-bond acceptors (Lipinski definition) is 9. The van der Waals surface area contributed by atoms with Crippen molar-refractivity contribution >= 4 is 34.1 Å². The number of anilines is 1. The highest BCUT2D eigenvalue weighted by atomic mass is 32.1. The number of aliphatic hydroxyl groups is 1. The van der Waals surface area contributed by atoms with E-state index in [1.54, 1.807) is 44.2 Å². The van der Waals surface area contributed by atoms with Crippen molar-refractivity contribution in [2.75, 3.05) is 18.5 Å². The molecule has 0 saturated carbocycles. The van der Waals surface area contributed by atoms with Gasteiger partial charge in [0, 0.05) is 16.5 Å². The maximum absolute atomic E-state index is 13.0. The minimum Gasteiger partial charge on any atom is -0.504 e. The van der Waals surface area contributed by atoms with Crippen LogP contribution in [0.1, 0.15) is 63.4 Å². The molecule has 2 N–H and O–H groups in total. The second-order valence-corrected chi connectivity index (χ2v) is 9.21. The van der Waals surface area contributed by atoms with Crippen molar-refractivity contribution in [2.24, 2.45) is 0 Å². The van der Waals surface area contributed by atoms with Gasteiger partial charge in [0.1, 0.15) is 11.1 Å². The number of carbonyl (C=O) groups is 3. The van der Waals surface area contributed by atoms with Crippen LogP contribution in [0.15, 0.2) is 47.4 Å². The summed E-state index contributed by atoms with van der Waals surface area (Å²) >= 11 is 1.33. The minimum absolute atomic E-state index is 0.00326. The van der Waals surface area contributed by atoms with Crippen LogP contribution in [0.2, 0.25) is 0 Å². The molecule has 1 aromatic carbocycles. The van der Waals surface area contributed by atoms with E-state index < -0.39 is 29.1 Å². The number of benzene rings is 1. The summed E-state index contributed by atoms with van der Waals surface area (Å²) < 4.78 is 10.2. The van der Waals surface area contributed by atoms with E-state index in [-0.39, 0.29) is 18.9 Å². The number of esters is 2. The number of allylic oxidation sites excluding steroid dienone is 1. The molecule has 0 aliphatic heterocycles. The Hall–Kier alpha value is -3.90. The van der Waals surface area contributed by atoms with Crippen LogP contribution in [0.25, 0.3) is 0 Å². The largest absolute Gasteiger partial charge is 0.504 e. The van der Waals surface area contributed by atoms with E-state index in [1.165, 1.54) is 11.3 Å². The fourth-order valence-corrected chi connectivity index (χ4v) is 5.11. The molecule has 3 rings (SSSR count). The molecule has 0 spiro atoms. The fourth-order valence-electron chi connectivity index (χ4n) is 3.82. The molecule has 36 heavy (non-hydrogen) atoms. The van der Waals surface area contributed by atoms with Gasteiger partial charge in [-0.2, -0.15) is 5.26 Å². The average Bonchev–Trinajstić information content (AvgIpc) is 3.22. The monoisotopic (exact) mass is 508 g/mol. The second-order valence-electron chi connectivity index (χ2n) is 8.10. The van der Waals surface area contributed by atoms with E-state index in [0.29, 0.717) is 22.5 Å². The normalized spacial score (nSPS) is 13.7. The van der Waals surface area contributed by atoms with Crippen molar-refractivity contribution < 1.29 is 29.0 Å². The molecule has 2 aromatic rings. The lowest BCUT2D eigenvalue weighted by Crippen LogP contribution is -2.15. The highest BCUT2D eigenvalue weighted by Crippen LogP contribution is 2.39. The summed E-state index contributed by atoms with van der Waals surface area (Å²) in [6, 6.07) is 8.47. The quantitative estimate of drug-likeness (QED) is 0.118. The summed E-state index contributed by atoms with van der Waals surface area (Å²) in [4.78, 5) is 39.2. The number of aryl methyl sites for hydroxylation is 2. The molecule has 9 heteroatoms. The van der Waals surface area contributed by atoms with Gasteiger partial charge < -0.3 is 19.9 Å². The average molecular weight is 509 g/mol. The van der Waals surface area contributed by atoms with Crippen LogP contribution in [-0.2, 0) is 27.1 Å². The maximum Gasteiger partial charge on any atom is 0.352 e. The number of hydrogen-bond donors (Lipinski definition) is 2. The van der Waals surface area contributed by atoms with Crippen molar-refractivity contribution in [3.8, 4) is 6.07 Å². The molecule has 0 saturated heterocycles. The molecule has 0 atom stereocenters. The van der Waals surface area contributed by atoms with Crippen LogP contribution in [0.5, 0.6) is 0 Å². The zero-order valence-electron chi connectivity index (χ0n) is 20.5. The molecule has 1 aliphatic carbocycles. The number of aliphatic hydroxyl groups excluding tert-OH is 1. The zero-order chi connectivity index (χ0) is 26.2. The van der Waals surface area contributed by atoms with Gasteiger partial charge in [0.05, 0.1) is 24.5 Å². The Morgan fingerprint density at radius 2 is 1.78 bits per heavy atom. The topological polar surface area (TPSA) is 126 Å². The van der Waals surface area contributed by atoms with Crippen molar-refractivity contribution in [1.82, 2.24) is 0 Å². The number of ether oxygens (including phenoxy) is 2. The van der Waals surface area contributed by atoms with E-state index in [1.807, 2.05) is 6.92 Å². The lowest BCUT2D eigenvalue weighted by Gasteiger charge is -2.14. The van der Waals surface area contributed by atoms with Crippen molar-refractivity contribution in [1.29, 1.82) is 5.26 Å². The van der Waals surface area contributed by atoms with Crippen molar-refractivity contribution in [3.05, 3.63) is 74.5 Å². The Morgan fingerprint density at radius 1 is 1.11 bits per heavy atom. The van der Waals surface area contributed by atoms with Crippen molar-refractivity contribution in [3.63, 3.8) is 0 Å². The van der Waals surface area contributed by atoms with Gasteiger partial charge in [-0.1, -0.05) is 29.8 Å². The molecule has 0 unspecified atom stereocenters. The second kappa shape index (κ2) is 12.2.